The summed E-state index contributed by atoms with van der Waals surface area (Å²) >= 11 is 0. The first-order chi connectivity index (χ1) is 23.9. The first-order valence-corrected chi connectivity index (χ1v) is 20.1. The molecule has 2 saturated heterocycles. The first kappa shape index (κ1) is 36.5. The monoisotopic (exact) mass is 705 g/mol. The van der Waals surface area contributed by atoms with Gasteiger partial charge in [0.1, 0.15) is 12.0 Å². The molecule has 10 nitrogen and oxygen atoms in total. The summed E-state index contributed by atoms with van der Waals surface area (Å²) in [5.74, 6) is 1.31. The van der Waals surface area contributed by atoms with Gasteiger partial charge in [-0.3, -0.25) is 9.69 Å². The van der Waals surface area contributed by atoms with Crippen molar-refractivity contribution in [2.24, 2.45) is 16.5 Å². The number of methoxy groups -OCH3 is 1. The third-order valence-corrected chi connectivity index (χ3v) is 12.0. The predicted molar refractivity (Wildman–Crippen MR) is 199 cm³/mol. The predicted octanol–water partition coefficient (Wildman–Crippen LogP) is 6.04. The van der Waals surface area contributed by atoms with Gasteiger partial charge in [0.05, 0.1) is 18.2 Å². The number of piperazine rings is 1. The fourth-order valence-electron chi connectivity index (χ4n) is 9.15. The van der Waals surface area contributed by atoms with E-state index < -0.39 is 21.5 Å². The molecule has 5 aliphatic rings. The number of nitrogens with zero attached hydrogens (tertiary/aromatic N) is 3. The molecule has 3 N–H and O–H groups in total. The normalized spacial score (nSPS) is 25.7. The van der Waals surface area contributed by atoms with Gasteiger partial charge in [0.2, 0.25) is 0 Å². The number of fused-ring (bicyclic) bond motifs is 9. The van der Waals surface area contributed by atoms with Crippen molar-refractivity contribution in [1.29, 1.82) is 0 Å². The highest BCUT2D eigenvalue weighted by molar-refractivity contribution is 7.87. The number of rotatable bonds is 7. The molecule has 50 heavy (non-hydrogen) atoms. The average molecular weight is 706 g/mol. The minimum absolute atomic E-state index is 0.114. The molecular formula is C39H55N5O5S. The third-order valence-electron chi connectivity index (χ3n) is 11.5. The smallest absolute Gasteiger partial charge is 0.298 e. The lowest BCUT2D eigenvalue weighted by Crippen LogP contribution is -2.45. The zero-order valence-electron chi connectivity index (χ0n) is 30.6. The van der Waals surface area contributed by atoms with Crippen LogP contribution in [-0.4, -0.2) is 80.9 Å². The molecule has 1 amide bonds. The lowest BCUT2D eigenvalue weighted by Gasteiger charge is -2.32. The summed E-state index contributed by atoms with van der Waals surface area (Å²) in [6, 6.07) is 13.2. The Labute approximate surface area is 297 Å². The first-order valence-electron chi connectivity index (χ1n) is 18.5. The Bertz CT molecular complexity index is 1850. The van der Waals surface area contributed by atoms with Crippen molar-refractivity contribution < 1.29 is 22.7 Å². The Kier molecular flexibility index (Phi) is 10.5. The molecule has 0 spiro atoms. The van der Waals surface area contributed by atoms with Crippen molar-refractivity contribution >= 4 is 33.3 Å². The van der Waals surface area contributed by atoms with Crippen LogP contribution in [-0.2, 0) is 21.5 Å². The highest BCUT2D eigenvalue weighted by Gasteiger charge is 2.58. The molecule has 4 fully saturated rings. The van der Waals surface area contributed by atoms with Crippen molar-refractivity contribution in [3.8, 4) is 17.0 Å². The fraction of sp³-hybridized carbons (Fsp3) is 0.590. The van der Waals surface area contributed by atoms with Gasteiger partial charge < -0.3 is 19.0 Å². The van der Waals surface area contributed by atoms with E-state index in [4.69, 9.17) is 9.88 Å². The largest absolute Gasteiger partial charge is 0.497 e. The number of amides is 1. The lowest BCUT2D eigenvalue weighted by molar-refractivity contribution is -0.112. The van der Waals surface area contributed by atoms with Crippen LogP contribution in [0, 0.1) is 11.3 Å². The number of aromatic nitrogens is 1. The molecule has 4 atom stereocenters. The Morgan fingerprint density at radius 3 is 2.42 bits per heavy atom. The zero-order chi connectivity index (χ0) is 36.0. The van der Waals surface area contributed by atoms with E-state index in [1.807, 2.05) is 30.7 Å². The van der Waals surface area contributed by atoms with Crippen LogP contribution < -0.4 is 14.6 Å². The number of carbonyl (C=O) groups is 2. The van der Waals surface area contributed by atoms with Crippen molar-refractivity contribution in [1.82, 2.24) is 19.1 Å². The molecule has 8 rings (SSSR count). The van der Waals surface area contributed by atoms with Gasteiger partial charge in [0, 0.05) is 60.3 Å². The summed E-state index contributed by atoms with van der Waals surface area (Å²) < 4.78 is 32.5. The number of nitrogens with two attached hydrogens (primary N) is 1. The minimum atomic E-state index is -4.19. The van der Waals surface area contributed by atoms with E-state index in [1.165, 1.54) is 50.9 Å². The Hall–Kier alpha value is -3.25. The van der Waals surface area contributed by atoms with Gasteiger partial charge in [0.15, 0.2) is 0 Å². The van der Waals surface area contributed by atoms with E-state index in [0.29, 0.717) is 12.5 Å². The molecule has 2 unspecified atom stereocenters. The number of likely N-dealkylation sites (tertiary alicyclic amines) is 2. The third kappa shape index (κ3) is 6.98. The summed E-state index contributed by atoms with van der Waals surface area (Å²) in [7, 11) is -0.276. The maximum atomic E-state index is 12.7. The van der Waals surface area contributed by atoms with Crippen molar-refractivity contribution in [2.45, 2.75) is 103 Å². The molecule has 2 aromatic carbocycles. The van der Waals surface area contributed by atoms with Gasteiger partial charge in [-0.05, 0) is 91.9 Å². The highest BCUT2D eigenvalue weighted by Crippen LogP contribution is 2.64. The molecule has 272 valence electrons. The number of nitrogens with one attached hydrogen (secondary N) is 1. The molecule has 4 heterocycles. The van der Waals surface area contributed by atoms with Crippen LogP contribution in [0.3, 0.4) is 0 Å². The van der Waals surface area contributed by atoms with E-state index in [2.05, 4.69) is 47.4 Å². The molecule has 3 aliphatic heterocycles. The summed E-state index contributed by atoms with van der Waals surface area (Å²) in [6.07, 6.45) is 9.01. The van der Waals surface area contributed by atoms with Gasteiger partial charge in [0.25, 0.3) is 16.1 Å². The number of aldehydes is 1. The Balaban J connectivity index is 0.000000259. The van der Waals surface area contributed by atoms with Crippen molar-refractivity contribution in [3.05, 3.63) is 53.1 Å². The zero-order valence-corrected chi connectivity index (χ0v) is 31.4. The van der Waals surface area contributed by atoms with Crippen LogP contribution in [0.25, 0.3) is 22.2 Å². The molecule has 11 heteroatoms. The van der Waals surface area contributed by atoms with Crippen LogP contribution in [0.2, 0.25) is 0 Å². The van der Waals surface area contributed by atoms with Crippen LogP contribution in [0.5, 0.6) is 5.75 Å². The van der Waals surface area contributed by atoms with E-state index in [-0.39, 0.29) is 11.5 Å². The fourth-order valence-corrected chi connectivity index (χ4v) is 9.53. The Morgan fingerprint density at radius 2 is 1.82 bits per heavy atom. The summed E-state index contributed by atoms with van der Waals surface area (Å²) in [5.41, 5.74) is 5.13. The maximum Gasteiger partial charge on any atom is 0.298 e. The second-order valence-electron chi connectivity index (χ2n) is 15.3. The molecule has 3 aromatic rings. The summed E-state index contributed by atoms with van der Waals surface area (Å²) in [6.45, 7) is 13.1. The number of benzene rings is 2. The standard InChI is InChI=1S/C27H29N3O5S.C10H20N2.C2H6/c1-35-18-8-10-19-21(12-18)22-13-27(22,15-31)14-30-23-11-17(26(32)29-36(28,33)34)7-9-20(23)24(25(19)30)16-5-3-2-4-6-16;1-8(2)5-12-7-9-4-10(12)6-11(9)3;1-2/h7-12,15-16,22H,2-6,13-14H2,1H3,(H,29,32)(H2,28,33,34);8-10H,4-7H2,1-3H3;1-2H3/t;9-,10-;/m.1./s1. The van der Waals surface area contributed by atoms with Crippen LogP contribution >= 0.6 is 0 Å². The van der Waals surface area contributed by atoms with Gasteiger partial charge in [-0.15, -0.1) is 0 Å². The number of hydrogen-bond acceptors (Lipinski definition) is 7. The topological polar surface area (TPSA) is 127 Å². The second kappa shape index (κ2) is 14.4. The molecular weight excluding hydrogens is 651 g/mol. The van der Waals surface area contributed by atoms with Crippen molar-refractivity contribution in [2.75, 3.05) is 33.8 Å². The van der Waals surface area contributed by atoms with Crippen LogP contribution in [0.15, 0.2) is 36.4 Å². The SMILES string of the molecule is CC.CC(C)CN1C[C@H]2C[C@@H]1CN2C.COc1ccc2c(c1)C1CC1(C=O)Cn1c-2c(C2CCCCC2)c2ccc(C(=O)NS(N)(=O)=O)cc21. The van der Waals surface area contributed by atoms with Crippen LogP contribution in [0.1, 0.15) is 106 Å². The maximum absolute atomic E-state index is 12.7. The van der Waals surface area contributed by atoms with Gasteiger partial charge in [-0.2, -0.15) is 8.42 Å². The molecule has 2 aliphatic carbocycles. The number of ether oxygens (including phenoxy) is 1. The number of likely N-dealkylation sites (N-methyl/N-ethyl adjacent to an activating group) is 1. The van der Waals surface area contributed by atoms with E-state index in [1.54, 1.807) is 19.2 Å². The van der Waals surface area contributed by atoms with Crippen LogP contribution in [0.4, 0.5) is 0 Å². The number of hydrogen-bond donors (Lipinski definition) is 2. The molecule has 1 aromatic heterocycles. The highest BCUT2D eigenvalue weighted by atomic mass is 32.2. The average Bonchev–Trinajstić information content (AvgIpc) is 3.35. The molecule has 0 radical (unpaired) electrons. The minimum Gasteiger partial charge on any atom is -0.497 e. The quantitative estimate of drug-likeness (QED) is 0.287. The lowest BCUT2D eigenvalue weighted by atomic mass is 9.81. The second-order valence-corrected chi connectivity index (χ2v) is 16.6. The van der Waals surface area contributed by atoms with E-state index in [0.717, 1.165) is 77.0 Å². The number of carbonyl (C=O) groups excluding carboxylic acids is 2. The summed E-state index contributed by atoms with van der Waals surface area (Å²) in [4.78, 5) is 30.3. The Morgan fingerprint density at radius 1 is 1.08 bits per heavy atom. The van der Waals surface area contributed by atoms with Gasteiger partial charge in [-0.1, -0.05) is 53.0 Å². The van der Waals surface area contributed by atoms with E-state index >= 15 is 0 Å². The summed E-state index contributed by atoms with van der Waals surface area (Å²) in [5, 5.41) is 6.09. The van der Waals surface area contributed by atoms with Gasteiger partial charge >= 0.3 is 0 Å². The molecule has 2 saturated carbocycles. The molecule has 2 bridgehead atoms. The van der Waals surface area contributed by atoms with Gasteiger partial charge in [-0.25, -0.2) is 9.86 Å². The van der Waals surface area contributed by atoms with E-state index in [9.17, 15) is 18.0 Å². The van der Waals surface area contributed by atoms with Crippen molar-refractivity contribution in [3.63, 3.8) is 0 Å².